The van der Waals surface area contributed by atoms with E-state index in [9.17, 15) is 15.2 Å². The van der Waals surface area contributed by atoms with E-state index < -0.39 is 6.10 Å². The number of hydrogen-bond acceptors (Lipinski definition) is 5. The van der Waals surface area contributed by atoms with Crippen molar-refractivity contribution in [1.29, 1.82) is 5.26 Å². The Labute approximate surface area is 173 Å². The zero-order chi connectivity index (χ0) is 20.4. The number of carbonyl (C=O) groups is 1. The van der Waals surface area contributed by atoms with Crippen LogP contribution in [0, 0.1) is 11.3 Å². The Morgan fingerprint density at radius 3 is 2.97 bits per heavy atom. The molecule has 29 heavy (non-hydrogen) atoms. The molecule has 6 nitrogen and oxygen atoms in total. The lowest BCUT2D eigenvalue weighted by molar-refractivity contribution is -0.121. The maximum Gasteiger partial charge on any atom is 0.154 e. The van der Waals surface area contributed by atoms with Crippen LogP contribution in [0.3, 0.4) is 0 Å². The Morgan fingerprint density at radius 2 is 2.17 bits per heavy atom. The topological polar surface area (TPSA) is 90.9 Å². The first-order valence-electron chi connectivity index (χ1n) is 9.62. The Kier molecular flexibility index (Phi) is 5.63. The van der Waals surface area contributed by atoms with Gasteiger partial charge in [0.05, 0.1) is 41.6 Å². The summed E-state index contributed by atoms with van der Waals surface area (Å²) < 4.78 is 1.83. The van der Waals surface area contributed by atoms with Gasteiger partial charge in [-0.15, -0.1) is 0 Å². The number of piperidine rings is 1. The molecule has 1 saturated heterocycles. The van der Waals surface area contributed by atoms with Crippen molar-refractivity contribution >= 4 is 28.4 Å². The van der Waals surface area contributed by atoms with Crippen LogP contribution in [0.25, 0.3) is 22.2 Å². The zero-order valence-corrected chi connectivity index (χ0v) is 16.6. The number of nitrogens with zero attached hydrogens (tertiary/aromatic N) is 3. The average molecular weight is 409 g/mol. The molecule has 0 saturated carbocycles. The van der Waals surface area contributed by atoms with Gasteiger partial charge in [0.2, 0.25) is 0 Å². The molecule has 0 aliphatic carbocycles. The monoisotopic (exact) mass is 408 g/mol. The van der Waals surface area contributed by atoms with E-state index in [2.05, 4.69) is 16.4 Å². The van der Waals surface area contributed by atoms with Gasteiger partial charge in [-0.3, -0.25) is 4.79 Å². The number of nitriles is 1. The van der Waals surface area contributed by atoms with Gasteiger partial charge < -0.3 is 15.0 Å². The minimum atomic E-state index is -0.476. The van der Waals surface area contributed by atoms with Crippen LogP contribution in [0.1, 0.15) is 24.8 Å². The second-order valence-electron chi connectivity index (χ2n) is 7.43. The number of carbonyl (C=O) groups excluding carboxylic acids is 1. The molecule has 1 aromatic heterocycles. The van der Waals surface area contributed by atoms with Crippen LogP contribution in [0.15, 0.2) is 42.7 Å². The maximum atomic E-state index is 12.6. The van der Waals surface area contributed by atoms with Gasteiger partial charge in [-0.1, -0.05) is 17.7 Å². The summed E-state index contributed by atoms with van der Waals surface area (Å²) in [6.07, 6.45) is 3.14. The normalized spacial score (nSPS) is 19.2. The largest absolute Gasteiger partial charge is 0.391 e. The molecule has 3 aromatic rings. The Hall–Kier alpha value is -2.72. The Bertz CT molecular complexity index is 1100. The summed E-state index contributed by atoms with van der Waals surface area (Å²) in [5, 5.41) is 23.0. The third-order valence-electron chi connectivity index (χ3n) is 5.32. The number of Topliss-reactive ketones (excluding diaryl/α,β-unsaturated/α-hetero) is 1. The SMILES string of the molecule is N#Cc1cc(Cl)cc(-c2ccc3ncn(CC(=O)CC4NCCCC4O)c3c2)c1. The number of fused-ring (bicyclic) bond motifs is 1. The molecule has 7 heteroatoms. The number of nitrogens with one attached hydrogen (secondary N) is 1. The highest BCUT2D eigenvalue weighted by Gasteiger charge is 2.25. The number of hydrogen-bond donors (Lipinski definition) is 2. The molecule has 2 atom stereocenters. The first kappa shape index (κ1) is 19.6. The summed E-state index contributed by atoms with van der Waals surface area (Å²) in [6.45, 7) is 1.03. The van der Waals surface area contributed by atoms with Crippen molar-refractivity contribution in [2.24, 2.45) is 0 Å². The van der Waals surface area contributed by atoms with Crippen molar-refractivity contribution in [1.82, 2.24) is 14.9 Å². The third-order valence-corrected chi connectivity index (χ3v) is 5.54. The molecule has 0 radical (unpaired) electrons. The van der Waals surface area contributed by atoms with Crippen LogP contribution in [0.5, 0.6) is 0 Å². The Balaban J connectivity index is 1.58. The van der Waals surface area contributed by atoms with Crippen LogP contribution in [-0.2, 0) is 11.3 Å². The third kappa shape index (κ3) is 4.33. The molecular formula is C22H21ClN4O2. The number of rotatable bonds is 5. The molecule has 2 N–H and O–H groups in total. The molecule has 1 aliphatic rings. The van der Waals surface area contributed by atoms with Gasteiger partial charge >= 0.3 is 0 Å². The van der Waals surface area contributed by atoms with Gasteiger partial charge in [0, 0.05) is 17.5 Å². The number of aromatic nitrogens is 2. The van der Waals surface area contributed by atoms with E-state index in [1.54, 1.807) is 18.5 Å². The maximum absolute atomic E-state index is 12.6. The average Bonchev–Trinajstić information content (AvgIpc) is 3.11. The van der Waals surface area contributed by atoms with Gasteiger partial charge in [0.25, 0.3) is 0 Å². The fourth-order valence-electron chi connectivity index (χ4n) is 3.83. The minimum absolute atomic E-state index is 0.0441. The summed E-state index contributed by atoms with van der Waals surface area (Å²) in [5.41, 5.74) is 3.86. The van der Waals surface area contributed by atoms with Gasteiger partial charge in [-0.25, -0.2) is 4.98 Å². The van der Waals surface area contributed by atoms with E-state index in [0.717, 1.165) is 41.5 Å². The van der Waals surface area contributed by atoms with Crippen LogP contribution in [-0.4, -0.2) is 39.1 Å². The van der Waals surface area contributed by atoms with Crippen molar-refractivity contribution in [3.05, 3.63) is 53.3 Å². The fraction of sp³-hybridized carbons (Fsp3) is 0.318. The summed E-state index contributed by atoms with van der Waals surface area (Å²) >= 11 is 6.14. The molecule has 2 aromatic carbocycles. The number of imidazole rings is 1. The summed E-state index contributed by atoms with van der Waals surface area (Å²) in [6, 6.07) is 12.9. The highest BCUT2D eigenvalue weighted by Crippen LogP contribution is 2.27. The quantitative estimate of drug-likeness (QED) is 0.675. The summed E-state index contributed by atoms with van der Waals surface area (Å²) in [5.74, 6) is 0.0441. The fourth-order valence-corrected chi connectivity index (χ4v) is 4.06. The molecule has 1 aliphatic heterocycles. The van der Waals surface area contributed by atoms with Crippen molar-refractivity contribution in [2.75, 3.05) is 6.54 Å². The first-order chi connectivity index (χ1) is 14.0. The van der Waals surface area contributed by atoms with Gasteiger partial charge in [-0.05, 0) is 60.8 Å². The van der Waals surface area contributed by atoms with Gasteiger partial charge in [0.1, 0.15) is 0 Å². The van der Waals surface area contributed by atoms with E-state index in [1.165, 1.54) is 0 Å². The molecule has 148 valence electrons. The molecule has 0 bridgehead atoms. The zero-order valence-electron chi connectivity index (χ0n) is 15.8. The van der Waals surface area contributed by atoms with E-state index in [0.29, 0.717) is 17.0 Å². The Morgan fingerprint density at radius 1 is 1.31 bits per heavy atom. The molecule has 2 unspecified atom stereocenters. The van der Waals surface area contributed by atoms with Crippen molar-refractivity contribution in [2.45, 2.75) is 38.0 Å². The van der Waals surface area contributed by atoms with E-state index in [-0.39, 0.29) is 18.4 Å². The van der Waals surface area contributed by atoms with Crippen LogP contribution in [0.2, 0.25) is 5.02 Å². The molecule has 1 fully saturated rings. The lowest BCUT2D eigenvalue weighted by Crippen LogP contribution is -2.46. The van der Waals surface area contributed by atoms with E-state index in [4.69, 9.17) is 11.6 Å². The lowest BCUT2D eigenvalue weighted by atomic mass is 9.97. The molecule has 4 rings (SSSR count). The smallest absolute Gasteiger partial charge is 0.154 e. The van der Waals surface area contributed by atoms with Crippen LogP contribution < -0.4 is 5.32 Å². The second-order valence-corrected chi connectivity index (χ2v) is 7.87. The first-order valence-corrected chi connectivity index (χ1v) is 10.0. The predicted octanol–water partition coefficient (Wildman–Crippen LogP) is 3.30. The van der Waals surface area contributed by atoms with Crippen molar-refractivity contribution < 1.29 is 9.90 Å². The standard InChI is InChI=1S/C22H21ClN4O2/c23-17-7-14(11-24)6-16(8-17)15-3-4-19-21(9-15)27(13-26-19)12-18(28)10-20-22(29)2-1-5-25-20/h3-4,6-9,13,20,22,25,29H,1-2,5,10,12H2. The van der Waals surface area contributed by atoms with Gasteiger partial charge in [0.15, 0.2) is 5.78 Å². The summed E-state index contributed by atoms with van der Waals surface area (Å²) in [4.78, 5) is 17.0. The van der Waals surface area contributed by atoms with Crippen molar-refractivity contribution in [3.63, 3.8) is 0 Å². The number of benzene rings is 2. The predicted molar refractivity (Wildman–Crippen MR) is 112 cm³/mol. The molecular weight excluding hydrogens is 388 g/mol. The highest BCUT2D eigenvalue weighted by atomic mass is 35.5. The second kappa shape index (κ2) is 8.34. The summed E-state index contributed by atoms with van der Waals surface area (Å²) in [7, 11) is 0. The van der Waals surface area contributed by atoms with Crippen LogP contribution >= 0.6 is 11.6 Å². The highest BCUT2D eigenvalue weighted by molar-refractivity contribution is 6.31. The van der Waals surface area contributed by atoms with E-state index in [1.807, 2.05) is 28.8 Å². The lowest BCUT2D eigenvalue weighted by Gasteiger charge is -2.28. The van der Waals surface area contributed by atoms with Crippen molar-refractivity contribution in [3.8, 4) is 17.2 Å². The molecule has 2 heterocycles. The van der Waals surface area contributed by atoms with Crippen LogP contribution in [0.4, 0.5) is 0 Å². The molecule has 0 spiro atoms. The van der Waals surface area contributed by atoms with Gasteiger partial charge in [-0.2, -0.15) is 5.26 Å². The molecule has 0 amide bonds. The number of aliphatic hydroxyl groups is 1. The number of aliphatic hydroxyl groups excluding tert-OH is 1. The minimum Gasteiger partial charge on any atom is -0.391 e. The number of halogens is 1. The van der Waals surface area contributed by atoms with E-state index >= 15 is 0 Å². The number of ketones is 1.